The van der Waals surface area contributed by atoms with Gasteiger partial charge in [0.05, 0.1) is 6.54 Å². The summed E-state index contributed by atoms with van der Waals surface area (Å²) in [5.41, 5.74) is 1.68. The number of carbonyl (C=O) groups is 1. The van der Waals surface area contributed by atoms with Crippen LogP contribution in [0, 0.1) is 0 Å². The third kappa shape index (κ3) is 3.28. The minimum Gasteiger partial charge on any atom is -0.486 e. The number of aromatic nitrogens is 1. The fraction of sp³-hybridized carbons (Fsp3) is 0.190. The number of ether oxygens (including phenoxy) is 2. The van der Waals surface area contributed by atoms with Gasteiger partial charge < -0.3 is 18.9 Å². The zero-order valence-corrected chi connectivity index (χ0v) is 14.5. The Bertz CT molecular complexity index is 888. The van der Waals surface area contributed by atoms with Gasteiger partial charge in [0, 0.05) is 30.7 Å². The van der Waals surface area contributed by atoms with Gasteiger partial charge in [-0.15, -0.1) is 0 Å². The Morgan fingerprint density at radius 3 is 2.46 bits per heavy atom. The van der Waals surface area contributed by atoms with Crippen molar-refractivity contribution < 1.29 is 14.3 Å². The molecule has 0 aliphatic carbocycles. The number of carbonyl (C=O) groups excluding carboxylic acids is 1. The second kappa shape index (κ2) is 6.96. The monoisotopic (exact) mass is 348 g/mol. The van der Waals surface area contributed by atoms with Crippen LogP contribution in [0.2, 0.25) is 0 Å². The standard InChI is InChI=1S/C21H20N2O3/c1-22(14-18-15-25-19-6-2-3-7-20(19)26-18)21(24)16-8-10-17(11-9-16)23-12-4-5-13-23/h2-13,18H,14-15H2,1H3. The van der Waals surface area contributed by atoms with E-state index < -0.39 is 0 Å². The minimum absolute atomic E-state index is 0.0356. The van der Waals surface area contributed by atoms with Gasteiger partial charge in [0.1, 0.15) is 6.61 Å². The van der Waals surface area contributed by atoms with E-state index in [-0.39, 0.29) is 12.0 Å². The first-order chi connectivity index (χ1) is 12.7. The summed E-state index contributed by atoms with van der Waals surface area (Å²) in [5.74, 6) is 1.44. The van der Waals surface area contributed by atoms with E-state index >= 15 is 0 Å². The van der Waals surface area contributed by atoms with Crippen LogP contribution in [-0.2, 0) is 0 Å². The number of hydrogen-bond acceptors (Lipinski definition) is 3. The molecule has 132 valence electrons. The molecular formula is C21H20N2O3. The van der Waals surface area contributed by atoms with Gasteiger partial charge >= 0.3 is 0 Å². The van der Waals surface area contributed by atoms with Crippen LogP contribution in [0.5, 0.6) is 11.5 Å². The molecule has 0 N–H and O–H groups in total. The van der Waals surface area contributed by atoms with Crippen LogP contribution in [0.1, 0.15) is 10.4 Å². The number of hydrogen-bond donors (Lipinski definition) is 0. The SMILES string of the molecule is CN(CC1COc2ccccc2O1)C(=O)c1ccc(-n2cccc2)cc1. The molecule has 0 spiro atoms. The molecule has 3 aromatic rings. The number of amides is 1. The van der Waals surface area contributed by atoms with Crippen LogP contribution in [0.25, 0.3) is 5.69 Å². The molecule has 1 unspecified atom stereocenters. The molecule has 1 aliphatic rings. The van der Waals surface area contributed by atoms with Crippen molar-refractivity contribution in [2.24, 2.45) is 0 Å². The maximum atomic E-state index is 12.7. The van der Waals surface area contributed by atoms with Crippen molar-refractivity contribution in [3.63, 3.8) is 0 Å². The lowest BCUT2D eigenvalue weighted by Crippen LogP contribution is -2.41. The Morgan fingerprint density at radius 2 is 1.73 bits per heavy atom. The van der Waals surface area contributed by atoms with Gasteiger partial charge in [-0.05, 0) is 48.5 Å². The lowest BCUT2D eigenvalue weighted by molar-refractivity contribution is 0.0521. The molecule has 26 heavy (non-hydrogen) atoms. The molecule has 1 aromatic heterocycles. The van der Waals surface area contributed by atoms with Gasteiger partial charge in [0.2, 0.25) is 0 Å². The summed E-state index contributed by atoms with van der Waals surface area (Å²) in [5, 5.41) is 0. The first kappa shape index (κ1) is 16.3. The highest BCUT2D eigenvalue weighted by atomic mass is 16.6. The summed E-state index contributed by atoms with van der Waals surface area (Å²) < 4.78 is 13.7. The van der Waals surface area contributed by atoms with Crippen LogP contribution in [0.15, 0.2) is 73.1 Å². The third-order valence-corrected chi connectivity index (χ3v) is 4.41. The fourth-order valence-electron chi connectivity index (χ4n) is 3.04. The van der Waals surface area contributed by atoms with Crippen molar-refractivity contribution in [2.45, 2.75) is 6.10 Å². The lowest BCUT2D eigenvalue weighted by Gasteiger charge is -2.29. The molecule has 0 fully saturated rings. The molecule has 4 rings (SSSR count). The number of para-hydroxylation sites is 2. The Kier molecular flexibility index (Phi) is 4.35. The van der Waals surface area contributed by atoms with Gasteiger partial charge in [-0.3, -0.25) is 4.79 Å². The van der Waals surface area contributed by atoms with E-state index in [1.54, 1.807) is 11.9 Å². The predicted octanol–water partition coefficient (Wildman–Crippen LogP) is 3.39. The number of nitrogens with zero attached hydrogens (tertiary/aromatic N) is 2. The van der Waals surface area contributed by atoms with E-state index in [9.17, 15) is 4.79 Å². The zero-order valence-electron chi connectivity index (χ0n) is 14.5. The molecule has 1 atom stereocenters. The van der Waals surface area contributed by atoms with Gasteiger partial charge in [-0.2, -0.15) is 0 Å². The summed E-state index contributed by atoms with van der Waals surface area (Å²) >= 11 is 0. The molecule has 5 nitrogen and oxygen atoms in total. The summed E-state index contributed by atoms with van der Waals surface area (Å²) in [6, 6.07) is 19.1. The minimum atomic E-state index is -0.182. The van der Waals surface area contributed by atoms with Gasteiger partial charge in [0.25, 0.3) is 5.91 Å². The highest BCUT2D eigenvalue weighted by Crippen LogP contribution is 2.31. The van der Waals surface area contributed by atoms with E-state index in [1.165, 1.54) is 0 Å². The Balaban J connectivity index is 1.40. The van der Waals surface area contributed by atoms with Crippen molar-refractivity contribution >= 4 is 5.91 Å². The average molecular weight is 348 g/mol. The van der Waals surface area contributed by atoms with Crippen molar-refractivity contribution in [1.82, 2.24) is 9.47 Å². The lowest BCUT2D eigenvalue weighted by atomic mass is 10.1. The highest BCUT2D eigenvalue weighted by Gasteiger charge is 2.24. The van der Waals surface area contributed by atoms with E-state index in [4.69, 9.17) is 9.47 Å². The largest absolute Gasteiger partial charge is 0.486 e. The first-order valence-electron chi connectivity index (χ1n) is 8.58. The fourth-order valence-corrected chi connectivity index (χ4v) is 3.04. The summed E-state index contributed by atoms with van der Waals surface area (Å²) in [6.07, 6.45) is 3.76. The molecule has 0 saturated heterocycles. The molecule has 1 amide bonds. The number of fused-ring (bicyclic) bond motifs is 1. The van der Waals surface area contributed by atoms with Crippen LogP contribution in [0.4, 0.5) is 0 Å². The van der Waals surface area contributed by atoms with Crippen molar-refractivity contribution in [3.05, 3.63) is 78.6 Å². The quantitative estimate of drug-likeness (QED) is 0.726. The average Bonchev–Trinajstić information content (AvgIpc) is 3.22. The second-order valence-electron chi connectivity index (χ2n) is 6.32. The Labute approximate surface area is 152 Å². The van der Waals surface area contributed by atoms with E-state index in [0.717, 1.165) is 17.2 Å². The van der Waals surface area contributed by atoms with Crippen molar-refractivity contribution in [2.75, 3.05) is 20.2 Å². The first-order valence-corrected chi connectivity index (χ1v) is 8.58. The van der Waals surface area contributed by atoms with Crippen LogP contribution in [-0.4, -0.2) is 41.7 Å². The highest BCUT2D eigenvalue weighted by molar-refractivity contribution is 5.94. The molecule has 2 heterocycles. The molecule has 0 saturated carbocycles. The van der Waals surface area contributed by atoms with E-state index in [2.05, 4.69) is 0 Å². The summed E-state index contributed by atoms with van der Waals surface area (Å²) in [6.45, 7) is 0.897. The Hall–Kier alpha value is -3.21. The number of rotatable bonds is 4. The van der Waals surface area contributed by atoms with Crippen molar-refractivity contribution in [3.8, 4) is 17.2 Å². The van der Waals surface area contributed by atoms with Crippen molar-refractivity contribution in [1.29, 1.82) is 0 Å². The third-order valence-electron chi connectivity index (χ3n) is 4.41. The molecule has 1 aliphatic heterocycles. The van der Waals surface area contributed by atoms with Gasteiger partial charge in [-0.1, -0.05) is 12.1 Å². The van der Waals surface area contributed by atoms with E-state index in [1.807, 2.05) is 77.6 Å². The maximum Gasteiger partial charge on any atom is 0.253 e. The Morgan fingerprint density at radius 1 is 1.04 bits per heavy atom. The maximum absolute atomic E-state index is 12.7. The normalized spacial score (nSPS) is 15.5. The molecular weight excluding hydrogens is 328 g/mol. The molecule has 0 radical (unpaired) electrons. The van der Waals surface area contributed by atoms with Crippen LogP contribution >= 0.6 is 0 Å². The molecule has 5 heteroatoms. The van der Waals surface area contributed by atoms with Crippen LogP contribution in [0.3, 0.4) is 0 Å². The van der Waals surface area contributed by atoms with Crippen LogP contribution < -0.4 is 9.47 Å². The topological polar surface area (TPSA) is 43.7 Å². The number of benzene rings is 2. The molecule has 0 bridgehead atoms. The summed E-state index contributed by atoms with van der Waals surface area (Å²) in [4.78, 5) is 14.4. The zero-order chi connectivity index (χ0) is 17.9. The summed E-state index contributed by atoms with van der Waals surface area (Å²) in [7, 11) is 1.78. The smallest absolute Gasteiger partial charge is 0.253 e. The predicted molar refractivity (Wildman–Crippen MR) is 99.1 cm³/mol. The molecule has 2 aromatic carbocycles. The second-order valence-corrected chi connectivity index (χ2v) is 6.32. The number of likely N-dealkylation sites (N-methyl/N-ethyl adjacent to an activating group) is 1. The van der Waals surface area contributed by atoms with Gasteiger partial charge in [-0.25, -0.2) is 0 Å². The van der Waals surface area contributed by atoms with Gasteiger partial charge in [0.15, 0.2) is 17.6 Å². The van der Waals surface area contributed by atoms with E-state index in [0.29, 0.717) is 18.7 Å².